The molecule has 3 rings (SSSR count). The van der Waals surface area contributed by atoms with Crippen molar-refractivity contribution in [3.63, 3.8) is 0 Å². The largest absolute Gasteiger partial charge is 0.422 e. The lowest BCUT2D eigenvalue weighted by molar-refractivity contribution is 0.380. The van der Waals surface area contributed by atoms with Crippen LogP contribution in [0.5, 0.6) is 0 Å². The van der Waals surface area contributed by atoms with Crippen LogP contribution in [0.3, 0.4) is 0 Å². The van der Waals surface area contributed by atoms with E-state index in [-0.39, 0.29) is 10.8 Å². The first-order valence-electron chi connectivity index (χ1n) is 6.93. The number of benzene rings is 1. The van der Waals surface area contributed by atoms with E-state index in [2.05, 4.69) is 34.6 Å². The first-order chi connectivity index (χ1) is 9.73. The molecule has 2 heterocycles. The number of hydrogen-bond donors (Lipinski definition) is 1. The van der Waals surface area contributed by atoms with Gasteiger partial charge >= 0.3 is 0 Å². The van der Waals surface area contributed by atoms with Crippen molar-refractivity contribution in [2.45, 2.75) is 30.6 Å². The number of nitrogens with zero attached hydrogens (tertiary/aromatic N) is 2. The quantitative estimate of drug-likeness (QED) is 0.937. The number of thioether (sulfide) groups is 1. The van der Waals surface area contributed by atoms with Crippen LogP contribution in [-0.4, -0.2) is 23.0 Å². The van der Waals surface area contributed by atoms with E-state index in [1.807, 2.05) is 37.0 Å². The van der Waals surface area contributed by atoms with Crippen LogP contribution < -0.4 is 5.32 Å². The van der Waals surface area contributed by atoms with Gasteiger partial charge in [-0.15, -0.1) is 22.0 Å². The van der Waals surface area contributed by atoms with E-state index in [0.29, 0.717) is 5.89 Å². The predicted octanol–water partition coefficient (Wildman–Crippen LogP) is 3.12. The molecule has 1 aliphatic heterocycles. The average molecular weight is 289 g/mol. The van der Waals surface area contributed by atoms with E-state index >= 15 is 0 Å². The molecule has 4 nitrogen and oxygen atoms in total. The van der Waals surface area contributed by atoms with E-state index in [9.17, 15) is 0 Å². The molecule has 1 saturated heterocycles. The Morgan fingerprint density at radius 1 is 1.30 bits per heavy atom. The predicted molar refractivity (Wildman–Crippen MR) is 80.7 cm³/mol. The van der Waals surface area contributed by atoms with Gasteiger partial charge < -0.3 is 9.73 Å². The minimum atomic E-state index is -0.0487. The van der Waals surface area contributed by atoms with Crippen molar-refractivity contribution in [3.8, 4) is 0 Å². The summed E-state index contributed by atoms with van der Waals surface area (Å²) in [7, 11) is 1.91. The third-order valence-electron chi connectivity index (χ3n) is 3.78. The SMILES string of the molecule is CNC(c1ccccc1)c1nnc(C2(C)CCCS2)o1. The van der Waals surface area contributed by atoms with Crippen molar-refractivity contribution in [1.29, 1.82) is 0 Å². The summed E-state index contributed by atoms with van der Waals surface area (Å²) in [5, 5.41) is 11.8. The zero-order valence-electron chi connectivity index (χ0n) is 11.8. The van der Waals surface area contributed by atoms with Gasteiger partial charge in [0, 0.05) is 0 Å². The monoisotopic (exact) mass is 289 g/mol. The highest BCUT2D eigenvalue weighted by Crippen LogP contribution is 2.45. The van der Waals surface area contributed by atoms with Gasteiger partial charge in [0.1, 0.15) is 6.04 Å². The standard InChI is InChI=1S/C15H19N3OS/c1-15(9-6-10-20-15)14-18-17-13(19-14)12(16-2)11-7-4-3-5-8-11/h3-5,7-8,12,16H,6,9-10H2,1-2H3. The Labute approximate surface area is 123 Å². The molecule has 0 radical (unpaired) electrons. The first-order valence-corrected chi connectivity index (χ1v) is 7.91. The number of hydrogen-bond acceptors (Lipinski definition) is 5. The minimum absolute atomic E-state index is 0.0137. The van der Waals surface area contributed by atoms with Gasteiger partial charge in [-0.25, -0.2) is 0 Å². The molecule has 1 aliphatic rings. The molecule has 1 N–H and O–H groups in total. The Balaban J connectivity index is 1.89. The fourth-order valence-corrected chi connectivity index (χ4v) is 3.82. The molecule has 0 aliphatic carbocycles. The Hall–Kier alpha value is -1.33. The number of nitrogens with one attached hydrogen (secondary N) is 1. The Morgan fingerprint density at radius 2 is 2.10 bits per heavy atom. The maximum Gasteiger partial charge on any atom is 0.237 e. The molecule has 2 aromatic rings. The molecule has 1 aromatic heterocycles. The van der Waals surface area contributed by atoms with E-state index in [1.165, 1.54) is 12.2 Å². The minimum Gasteiger partial charge on any atom is -0.422 e. The van der Waals surface area contributed by atoms with Gasteiger partial charge in [0.05, 0.1) is 4.75 Å². The van der Waals surface area contributed by atoms with Crippen LogP contribution in [0.25, 0.3) is 0 Å². The normalized spacial score (nSPS) is 23.9. The van der Waals surface area contributed by atoms with E-state index < -0.39 is 0 Å². The van der Waals surface area contributed by atoms with E-state index in [4.69, 9.17) is 4.42 Å². The van der Waals surface area contributed by atoms with Crippen LogP contribution in [0.15, 0.2) is 34.7 Å². The second-order valence-electron chi connectivity index (χ2n) is 5.26. The molecule has 2 unspecified atom stereocenters. The first kappa shape index (κ1) is 13.6. The zero-order chi connectivity index (χ0) is 14.0. The summed E-state index contributed by atoms with van der Waals surface area (Å²) in [6.07, 6.45) is 2.32. The van der Waals surface area contributed by atoms with E-state index in [1.54, 1.807) is 0 Å². The molecule has 0 spiro atoms. The van der Waals surface area contributed by atoms with Gasteiger partial charge in [-0.3, -0.25) is 0 Å². The Bertz CT molecular complexity index is 564. The summed E-state index contributed by atoms with van der Waals surface area (Å²) in [5.41, 5.74) is 1.13. The summed E-state index contributed by atoms with van der Waals surface area (Å²) in [4.78, 5) is 0. The molecule has 106 valence electrons. The molecule has 1 fully saturated rings. The van der Waals surface area contributed by atoms with Crippen molar-refractivity contribution in [2.24, 2.45) is 0 Å². The molecular weight excluding hydrogens is 270 g/mol. The summed E-state index contributed by atoms with van der Waals surface area (Å²) >= 11 is 1.91. The van der Waals surface area contributed by atoms with Crippen molar-refractivity contribution in [1.82, 2.24) is 15.5 Å². The van der Waals surface area contributed by atoms with Crippen molar-refractivity contribution in [2.75, 3.05) is 12.8 Å². The summed E-state index contributed by atoms with van der Waals surface area (Å²) in [6, 6.07) is 10.1. The van der Waals surface area contributed by atoms with Crippen LogP contribution in [0.4, 0.5) is 0 Å². The molecule has 1 aromatic carbocycles. The molecule has 0 bridgehead atoms. The van der Waals surface area contributed by atoms with Gasteiger partial charge in [-0.2, -0.15) is 0 Å². The fraction of sp³-hybridized carbons (Fsp3) is 0.467. The third kappa shape index (κ3) is 2.47. The van der Waals surface area contributed by atoms with Gasteiger partial charge in [0.2, 0.25) is 11.8 Å². The highest BCUT2D eigenvalue weighted by Gasteiger charge is 2.37. The van der Waals surface area contributed by atoms with Crippen LogP contribution in [0, 0.1) is 0 Å². The van der Waals surface area contributed by atoms with Gasteiger partial charge in [-0.1, -0.05) is 30.3 Å². The number of aromatic nitrogens is 2. The second kappa shape index (κ2) is 5.58. The van der Waals surface area contributed by atoms with Gasteiger partial charge in [0.25, 0.3) is 0 Å². The topological polar surface area (TPSA) is 51.0 Å². The number of rotatable bonds is 4. The van der Waals surface area contributed by atoms with Crippen LogP contribution in [-0.2, 0) is 4.75 Å². The molecule has 2 atom stereocenters. The second-order valence-corrected chi connectivity index (χ2v) is 6.86. The summed E-state index contributed by atoms with van der Waals surface area (Å²) in [5.74, 6) is 2.57. The van der Waals surface area contributed by atoms with Crippen LogP contribution >= 0.6 is 11.8 Å². The highest BCUT2D eigenvalue weighted by molar-refractivity contribution is 8.00. The molecule has 0 saturated carbocycles. The van der Waals surface area contributed by atoms with E-state index in [0.717, 1.165) is 17.9 Å². The van der Waals surface area contributed by atoms with Crippen molar-refractivity contribution >= 4 is 11.8 Å². The Kier molecular flexibility index (Phi) is 3.81. The van der Waals surface area contributed by atoms with Crippen LogP contribution in [0.2, 0.25) is 0 Å². The zero-order valence-corrected chi connectivity index (χ0v) is 12.6. The lowest BCUT2D eigenvalue weighted by Crippen LogP contribution is -2.18. The smallest absolute Gasteiger partial charge is 0.237 e. The van der Waals surface area contributed by atoms with Crippen molar-refractivity contribution in [3.05, 3.63) is 47.7 Å². The maximum atomic E-state index is 5.97. The van der Waals surface area contributed by atoms with Gasteiger partial charge in [-0.05, 0) is 38.1 Å². The third-order valence-corrected chi connectivity index (χ3v) is 5.29. The summed E-state index contributed by atoms with van der Waals surface area (Å²) in [6.45, 7) is 2.19. The Morgan fingerprint density at radius 3 is 2.75 bits per heavy atom. The van der Waals surface area contributed by atoms with Crippen molar-refractivity contribution < 1.29 is 4.42 Å². The fourth-order valence-electron chi connectivity index (χ4n) is 2.59. The van der Waals surface area contributed by atoms with Gasteiger partial charge in [0.15, 0.2) is 0 Å². The molecule has 0 amide bonds. The lowest BCUT2D eigenvalue weighted by atomic mass is 10.1. The summed E-state index contributed by atoms with van der Waals surface area (Å²) < 4.78 is 5.96. The van der Waals surface area contributed by atoms with Crippen LogP contribution in [0.1, 0.15) is 43.2 Å². The highest BCUT2D eigenvalue weighted by atomic mass is 32.2. The molecule has 5 heteroatoms. The maximum absolute atomic E-state index is 5.97. The average Bonchev–Trinajstić information content (AvgIpc) is 3.11. The lowest BCUT2D eigenvalue weighted by Gasteiger charge is -2.17. The molecule has 20 heavy (non-hydrogen) atoms. The molecular formula is C15H19N3OS.